The second-order valence-corrected chi connectivity index (χ2v) is 7.53. The van der Waals surface area contributed by atoms with E-state index in [1.54, 1.807) is 6.08 Å². The minimum absolute atomic E-state index is 0.183. The van der Waals surface area contributed by atoms with Crippen molar-refractivity contribution >= 4 is 29.0 Å². The predicted octanol–water partition coefficient (Wildman–Crippen LogP) is 5.41. The smallest absolute Gasteiger partial charge is 0.293 e. The van der Waals surface area contributed by atoms with Gasteiger partial charge in [-0.25, -0.2) is 0 Å². The highest BCUT2D eigenvalue weighted by atomic mass is 32.2. The fraction of sp³-hybridized carbons (Fsp3) is 0.273. The lowest BCUT2D eigenvalue weighted by Gasteiger charge is -2.10. The molecule has 1 saturated heterocycles. The largest absolute Gasteiger partial charge is 0.489 e. The molecule has 1 aliphatic heterocycles. The average molecular weight is 381 g/mol. The molecule has 0 aromatic heterocycles. The number of hydrogen-bond acceptors (Lipinski definition) is 4. The highest BCUT2D eigenvalue weighted by molar-refractivity contribution is 8.18. The third kappa shape index (κ3) is 5.01. The van der Waals surface area contributed by atoms with Gasteiger partial charge in [0.2, 0.25) is 0 Å². The summed E-state index contributed by atoms with van der Waals surface area (Å²) in [6, 6.07) is 15.8. The number of ether oxygens (including phenoxy) is 1. The zero-order valence-corrected chi connectivity index (χ0v) is 16.4. The van der Waals surface area contributed by atoms with E-state index in [1.165, 1.54) is 10.5 Å². The van der Waals surface area contributed by atoms with E-state index in [0.717, 1.165) is 41.5 Å². The van der Waals surface area contributed by atoms with Gasteiger partial charge >= 0.3 is 0 Å². The molecule has 140 valence electrons. The summed E-state index contributed by atoms with van der Waals surface area (Å²) >= 11 is 1.01. The van der Waals surface area contributed by atoms with Gasteiger partial charge in [-0.15, -0.1) is 0 Å². The summed E-state index contributed by atoms with van der Waals surface area (Å²) in [5.74, 6) is 0.572. The molecule has 2 aromatic carbocycles. The molecule has 4 nitrogen and oxygen atoms in total. The molecule has 2 amide bonds. The topological polar surface area (TPSA) is 46.6 Å². The minimum Gasteiger partial charge on any atom is -0.489 e. The molecular formula is C22H23NO3S. The summed E-state index contributed by atoms with van der Waals surface area (Å²) < 4.78 is 5.82. The number of unbranched alkanes of at least 4 members (excludes halogenated alkanes) is 1. The average Bonchev–Trinajstić information content (AvgIpc) is 2.92. The van der Waals surface area contributed by atoms with Crippen LogP contribution in [0.15, 0.2) is 53.4 Å². The SMILES string of the molecule is CCCCN1C(=O)S/C(=C\c2ccc(OCc3cccc(C)c3)cc2)C1=O. The molecule has 0 radical (unpaired) electrons. The molecule has 27 heavy (non-hydrogen) atoms. The van der Waals surface area contributed by atoms with Gasteiger partial charge in [-0.2, -0.15) is 0 Å². The molecule has 1 fully saturated rings. The van der Waals surface area contributed by atoms with Crippen LogP contribution in [-0.4, -0.2) is 22.6 Å². The first-order valence-electron chi connectivity index (χ1n) is 9.10. The Labute approximate surface area is 164 Å². The van der Waals surface area contributed by atoms with Gasteiger partial charge in [-0.3, -0.25) is 14.5 Å². The minimum atomic E-state index is -0.196. The summed E-state index contributed by atoms with van der Waals surface area (Å²) in [6.07, 6.45) is 3.55. The highest BCUT2D eigenvalue weighted by Crippen LogP contribution is 2.32. The van der Waals surface area contributed by atoms with Crippen LogP contribution >= 0.6 is 11.8 Å². The van der Waals surface area contributed by atoms with E-state index in [9.17, 15) is 9.59 Å². The van der Waals surface area contributed by atoms with Crippen molar-refractivity contribution in [3.8, 4) is 5.75 Å². The second-order valence-electron chi connectivity index (χ2n) is 6.53. The maximum Gasteiger partial charge on any atom is 0.293 e. The summed E-state index contributed by atoms with van der Waals surface area (Å²) in [7, 11) is 0. The first-order valence-corrected chi connectivity index (χ1v) is 9.92. The quantitative estimate of drug-likeness (QED) is 0.602. The summed E-state index contributed by atoms with van der Waals surface area (Å²) in [5, 5.41) is -0.183. The third-order valence-electron chi connectivity index (χ3n) is 4.27. The highest BCUT2D eigenvalue weighted by Gasteiger charge is 2.34. The zero-order valence-electron chi connectivity index (χ0n) is 15.6. The summed E-state index contributed by atoms with van der Waals surface area (Å²) in [6.45, 7) is 5.10. The van der Waals surface area contributed by atoms with E-state index >= 15 is 0 Å². The van der Waals surface area contributed by atoms with Gasteiger partial charge in [-0.1, -0.05) is 55.3 Å². The summed E-state index contributed by atoms with van der Waals surface area (Å²) in [4.78, 5) is 26.2. The Morgan fingerprint density at radius 2 is 1.89 bits per heavy atom. The monoisotopic (exact) mass is 381 g/mol. The lowest BCUT2D eigenvalue weighted by molar-refractivity contribution is -0.122. The van der Waals surface area contributed by atoms with Crippen LogP contribution in [0.2, 0.25) is 0 Å². The number of amides is 2. The molecule has 1 heterocycles. The van der Waals surface area contributed by atoms with Crippen LogP contribution < -0.4 is 4.74 Å². The van der Waals surface area contributed by atoms with E-state index in [-0.39, 0.29) is 11.1 Å². The Kier molecular flexibility index (Phi) is 6.35. The van der Waals surface area contributed by atoms with Crippen molar-refractivity contribution < 1.29 is 14.3 Å². The van der Waals surface area contributed by atoms with E-state index in [0.29, 0.717) is 18.1 Å². The first kappa shape index (κ1) is 19.2. The van der Waals surface area contributed by atoms with Gasteiger partial charge in [0.15, 0.2) is 0 Å². The number of imide groups is 1. The molecular weight excluding hydrogens is 358 g/mol. The van der Waals surface area contributed by atoms with Gasteiger partial charge in [0.1, 0.15) is 12.4 Å². The maximum absolute atomic E-state index is 12.4. The molecule has 0 saturated carbocycles. The van der Waals surface area contributed by atoms with Gasteiger partial charge in [-0.05, 0) is 54.4 Å². The number of rotatable bonds is 7. The van der Waals surface area contributed by atoms with Crippen molar-refractivity contribution in [1.82, 2.24) is 4.90 Å². The normalized spacial score (nSPS) is 15.6. The van der Waals surface area contributed by atoms with E-state index in [2.05, 4.69) is 19.1 Å². The van der Waals surface area contributed by atoms with Crippen molar-refractivity contribution in [3.63, 3.8) is 0 Å². The maximum atomic E-state index is 12.4. The van der Waals surface area contributed by atoms with Crippen LogP contribution in [-0.2, 0) is 11.4 Å². The molecule has 0 aliphatic carbocycles. The van der Waals surface area contributed by atoms with Crippen molar-refractivity contribution in [2.24, 2.45) is 0 Å². The number of carbonyl (C=O) groups excluding carboxylic acids is 2. The van der Waals surface area contributed by atoms with Crippen LogP contribution in [0.5, 0.6) is 5.75 Å². The molecule has 5 heteroatoms. The van der Waals surface area contributed by atoms with Gasteiger partial charge < -0.3 is 4.74 Å². The van der Waals surface area contributed by atoms with E-state index in [1.807, 2.05) is 43.3 Å². The van der Waals surface area contributed by atoms with Crippen molar-refractivity contribution in [3.05, 3.63) is 70.1 Å². The fourth-order valence-corrected chi connectivity index (χ4v) is 3.65. The van der Waals surface area contributed by atoms with Crippen molar-refractivity contribution in [2.45, 2.75) is 33.3 Å². The van der Waals surface area contributed by atoms with Crippen molar-refractivity contribution in [2.75, 3.05) is 6.54 Å². The van der Waals surface area contributed by atoms with Crippen molar-refractivity contribution in [1.29, 1.82) is 0 Å². The number of nitrogens with zero attached hydrogens (tertiary/aromatic N) is 1. The molecule has 1 aliphatic rings. The van der Waals surface area contributed by atoms with Gasteiger partial charge in [0, 0.05) is 6.54 Å². The second kappa shape index (κ2) is 8.91. The Hall–Kier alpha value is -2.53. The lowest BCUT2D eigenvalue weighted by atomic mass is 10.1. The third-order valence-corrected chi connectivity index (χ3v) is 5.18. The molecule has 0 atom stereocenters. The van der Waals surface area contributed by atoms with Crippen LogP contribution in [0.25, 0.3) is 6.08 Å². The Morgan fingerprint density at radius 3 is 2.59 bits per heavy atom. The molecule has 0 bridgehead atoms. The predicted molar refractivity (Wildman–Crippen MR) is 110 cm³/mol. The fourth-order valence-electron chi connectivity index (χ4n) is 2.79. The molecule has 2 aromatic rings. The first-order chi connectivity index (χ1) is 13.1. The number of benzene rings is 2. The van der Waals surface area contributed by atoms with Crippen LogP contribution in [0.4, 0.5) is 4.79 Å². The van der Waals surface area contributed by atoms with Crippen LogP contribution in [0.3, 0.4) is 0 Å². The van der Waals surface area contributed by atoms with E-state index < -0.39 is 0 Å². The Morgan fingerprint density at radius 1 is 1.11 bits per heavy atom. The zero-order chi connectivity index (χ0) is 19.2. The molecule has 0 spiro atoms. The Bertz CT molecular complexity index is 858. The lowest BCUT2D eigenvalue weighted by Crippen LogP contribution is -2.29. The van der Waals surface area contributed by atoms with Gasteiger partial charge in [0.05, 0.1) is 4.91 Å². The molecule has 3 rings (SSSR count). The number of thioether (sulfide) groups is 1. The summed E-state index contributed by atoms with van der Waals surface area (Å²) in [5.41, 5.74) is 3.21. The number of carbonyl (C=O) groups is 2. The van der Waals surface area contributed by atoms with E-state index in [4.69, 9.17) is 4.74 Å². The standard InChI is InChI=1S/C22H23NO3S/c1-3-4-12-23-21(24)20(27-22(23)25)14-17-8-10-19(11-9-17)26-15-18-7-5-6-16(2)13-18/h5-11,13-14H,3-4,12,15H2,1-2H3/b20-14-. The van der Waals surface area contributed by atoms with Gasteiger partial charge in [0.25, 0.3) is 11.1 Å². The molecule has 0 unspecified atom stereocenters. The number of hydrogen-bond donors (Lipinski definition) is 0. The van der Waals surface area contributed by atoms with Crippen LogP contribution in [0.1, 0.15) is 36.5 Å². The molecule has 0 N–H and O–H groups in total. The van der Waals surface area contributed by atoms with Crippen LogP contribution in [0, 0.1) is 6.92 Å². The number of aryl methyl sites for hydroxylation is 1. The Balaban J connectivity index is 1.62.